The predicted molar refractivity (Wildman–Crippen MR) is 51.5 cm³/mol. The van der Waals surface area contributed by atoms with Gasteiger partial charge in [-0.25, -0.2) is 0 Å². The van der Waals surface area contributed by atoms with Crippen molar-refractivity contribution in [3.05, 3.63) is 21.3 Å². The number of rotatable bonds is 2. The molecular weight excluding hydrogens is 194 g/mol. The lowest BCUT2D eigenvalue weighted by Gasteiger charge is -2.12. The molecule has 0 radical (unpaired) electrons. The molecule has 1 aromatic heterocycles. The minimum Gasteiger partial charge on any atom is -0.341 e. The van der Waals surface area contributed by atoms with Gasteiger partial charge in [0, 0.05) is 18.8 Å². The quantitative estimate of drug-likeness (QED) is 0.723. The molecule has 1 heterocycles. The van der Waals surface area contributed by atoms with Crippen LogP contribution in [0, 0.1) is 0 Å². The standard InChI is InChI=1S/C8H10ClNOS/c1-6(11)10(2)5-7-3-4-8(9)12-7/h3-4H,5H2,1-2H3. The Morgan fingerprint density at radius 1 is 1.67 bits per heavy atom. The highest BCUT2D eigenvalue weighted by Gasteiger charge is 2.04. The van der Waals surface area contributed by atoms with Gasteiger partial charge in [-0.05, 0) is 12.1 Å². The van der Waals surface area contributed by atoms with Crippen LogP contribution in [0.25, 0.3) is 0 Å². The molecule has 0 saturated carbocycles. The molecule has 1 amide bonds. The van der Waals surface area contributed by atoms with Gasteiger partial charge in [0.1, 0.15) is 0 Å². The van der Waals surface area contributed by atoms with E-state index in [1.54, 1.807) is 18.9 Å². The van der Waals surface area contributed by atoms with Crippen LogP contribution in [0.3, 0.4) is 0 Å². The van der Waals surface area contributed by atoms with E-state index in [1.807, 2.05) is 12.1 Å². The van der Waals surface area contributed by atoms with Gasteiger partial charge in [-0.15, -0.1) is 11.3 Å². The van der Waals surface area contributed by atoms with Crippen LogP contribution in [0.1, 0.15) is 11.8 Å². The monoisotopic (exact) mass is 203 g/mol. The van der Waals surface area contributed by atoms with Gasteiger partial charge in [0.25, 0.3) is 0 Å². The zero-order valence-electron chi connectivity index (χ0n) is 7.00. The molecule has 0 spiro atoms. The van der Waals surface area contributed by atoms with Crippen molar-refractivity contribution in [1.82, 2.24) is 4.90 Å². The maximum Gasteiger partial charge on any atom is 0.219 e. The van der Waals surface area contributed by atoms with Crippen molar-refractivity contribution in [2.45, 2.75) is 13.5 Å². The molecule has 12 heavy (non-hydrogen) atoms. The highest BCUT2D eigenvalue weighted by molar-refractivity contribution is 7.16. The fourth-order valence-electron chi connectivity index (χ4n) is 0.782. The number of nitrogens with zero attached hydrogens (tertiary/aromatic N) is 1. The predicted octanol–water partition coefficient (Wildman–Crippen LogP) is 2.38. The summed E-state index contributed by atoms with van der Waals surface area (Å²) in [5.74, 6) is 0.0690. The SMILES string of the molecule is CC(=O)N(C)Cc1ccc(Cl)s1. The van der Waals surface area contributed by atoms with Crippen LogP contribution in [-0.2, 0) is 11.3 Å². The lowest BCUT2D eigenvalue weighted by Crippen LogP contribution is -2.22. The molecule has 0 fully saturated rings. The van der Waals surface area contributed by atoms with Gasteiger partial charge in [-0.1, -0.05) is 11.6 Å². The fraction of sp³-hybridized carbons (Fsp3) is 0.375. The maximum atomic E-state index is 10.9. The Bertz CT molecular complexity index is 284. The maximum absolute atomic E-state index is 10.9. The lowest BCUT2D eigenvalue weighted by atomic mass is 10.4. The first-order valence-corrected chi connectivity index (χ1v) is 4.75. The summed E-state index contributed by atoms with van der Waals surface area (Å²) in [7, 11) is 1.77. The Hall–Kier alpha value is -0.540. The molecule has 0 bridgehead atoms. The molecule has 0 N–H and O–H groups in total. The Morgan fingerprint density at radius 3 is 2.75 bits per heavy atom. The van der Waals surface area contributed by atoms with E-state index in [2.05, 4.69) is 0 Å². The van der Waals surface area contributed by atoms with Crippen LogP contribution >= 0.6 is 22.9 Å². The summed E-state index contributed by atoms with van der Waals surface area (Å²) in [5, 5.41) is 0. The van der Waals surface area contributed by atoms with Crippen molar-refractivity contribution in [1.29, 1.82) is 0 Å². The Morgan fingerprint density at radius 2 is 2.33 bits per heavy atom. The van der Waals surface area contributed by atoms with Crippen LogP contribution in [0.5, 0.6) is 0 Å². The topological polar surface area (TPSA) is 20.3 Å². The van der Waals surface area contributed by atoms with E-state index in [0.29, 0.717) is 6.54 Å². The summed E-state index contributed by atoms with van der Waals surface area (Å²) in [6.07, 6.45) is 0. The summed E-state index contributed by atoms with van der Waals surface area (Å²) in [4.78, 5) is 13.6. The summed E-state index contributed by atoms with van der Waals surface area (Å²) in [6.45, 7) is 2.20. The van der Waals surface area contributed by atoms with Gasteiger partial charge in [0.15, 0.2) is 0 Å². The second kappa shape index (κ2) is 3.92. The molecule has 0 aliphatic carbocycles. The molecule has 0 aliphatic heterocycles. The zero-order chi connectivity index (χ0) is 9.14. The van der Waals surface area contributed by atoms with E-state index in [9.17, 15) is 4.79 Å². The molecular formula is C8H10ClNOS. The van der Waals surface area contributed by atoms with Crippen LogP contribution in [-0.4, -0.2) is 17.9 Å². The number of thiophene rings is 1. The highest BCUT2D eigenvalue weighted by Crippen LogP contribution is 2.22. The first kappa shape index (κ1) is 9.55. The minimum absolute atomic E-state index is 0.0690. The second-order valence-corrected chi connectivity index (χ2v) is 4.38. The molecule has 0 aromatic carbocycles. The summed E-state index contributed by atoms with van der Waals surface area (Å²) >= 11 is 7.24. The van der Waals surface area contributed by atoms with E-state index in [1.165, 1.54) is 11.3 Å². The number of carbonyl (C=O) groups is 1. The van der Waals surface area contributed by atoms with Crippen molar-refractivity contribution >= 4 is 28.8 Å². The third-order valence-electron chi connectivity index (χ3n) is 1.56. The van der Waals surface area contributed by atoms with E-state index in [4.69, 9.17) is 11.6 Å². The Labute approximate surface area is 80.8 Å². The molecule has 1 rings (SSSR count). The van der Waals surface area contributed by atoms with Crippen LogP contribution in [0.15, 0.2) is 12.1 Å². The largest absolute Gasteiger partial charge is 0.341 e. The summed E-state index contributed by atoms with van der Waals surface area (Å²) in [6, 6.07) is 3.78. The number of amides is 1. The Balaban J connectivity index is 2.58. The zero-order valence-corrected chi connectivity index (χ0v) is 8.58. The number of carbonyl (C=O) groups excluding carboxylic acids is 1. The Kier molecular flexibility index (Phi) is 3.12. The molecule has 0 aliphatic rings. The third kappa shape index (κ3) is 2.50. The van der Waals surface area contributed by atoms with E-state index < -0.39 is 0 Å². The average Bonchev–Trinajstić information content (AvgIpc) is 2.35. The van der Waals surface area contributed by atoms with Crippen molar-refractivity contribution < 1.29 is 4.79 Å². The summed E-state index contributed by atoms with van der Waals surface area (Å²) < 4.78 is 0.766. The molecule has 2 nitrogen and oxygen atoms in total. The second-order valence-electron chi connectivity index (χ2n) is 2.58. The number of hydrogen-bond donors (Lipinski definition) is 0. The molecule has 4 heteroatoms. The molecule has 0 saturated heterocycles. The average molecular weight is 204 g/mol. The van der Waals surface area contributed by atoms with Gasteiger partial charge in [-0.3, -0.25) is 4.79 Å². The van der Waals surface area contributed by atoms with E-state index in [0.717, 1.165) is 9.21 Å². The van der Waals surface area contributed by atoms with E-state index >= 15 is 0 Å². The van der Waals surface area contributed by atoms with Gasteiger partial charge >= 0.3 is 0 Å². The third-order valence-corrected chi connectivity index (χ3v) is 2.78. The van der Waals surface area contributed by atoms with Gasteiger partial charge < -0.3 is 4.90 Å². The molecule has 0 atom stereocenters. The van der Waals surface area contributed by atoms with Gasteiger partial charge in [0.05, 0.1) is 10.9 Å². The van der Waals surface area contributed by atoms with Crippen molar-refractivity contribution in [2.24, 2.45) is 0 Å². The molecule has 0 unspecified atom stereocenters. The minimum atomic E-state index is 0.0690. The van der Waals surface area contributed by atoms with Crippen molar-refractivity contribution in [3.8, 4) is 0 Å². The highest BCUT2D eigenvalue weighted by atomic mass is 35.5. The first-order chi connectivity index (χ1) is 5.59. The van der Waals surface area contributed by atoms with Crippen molar-refractivity contribution in [2.75, 3.05) is 7.05 Å². The van der Waals surface area contributed by atoms with Crippen LogP contribution < -0.4 is 0 Å². The number of hydrogen-bond acceptors (Lipinski definition) is 2. The normalized spacial score (nSPS) is 9.92. The first-order valence-electron chi connectivity index (χ1n) is 3.55. The lowest BCUT2D eigenvalue weighted by molar-refractivity contribution is -0.128. The van der Waals surface area contributed by atoms with Crippen LogP contribution in [0.4, 0.5) is 0 Å². The fourth-order valence-corrected chi connectivity index (χ4v) is 1.92. The van der Waals surface area contributed by atoms with Gasteiger partial charge in [0.2, 0.25) is 5.91 Å². The van der Waals surface area contributed by atoms with E-state index in [-0.39, 0.29) is 5.91 Å². The van der Waals surface area contributed by atoms with Crippen LogP contribution in [0.2, 0.25) is 4.34 Å². The molecule has 66 valence electrons. The summed E-state index contributed by atoms with van der Waals surface area (Å²) in [5.41, 5.74) is 0. The molecule has 1 aromatic rings. The van der Waals surface area contributed by atoms with Gasteiger partial charge in [-0.2, -0.15) is 0 Å². The number of halogens is 1. The van der Waals surface area contributed by atoms with Crippen molar-refractivity contribution in [3.63, 3.8) is 0 Å². The smallest absolute Gasteiger partial charge is 0.219 e.